The average Bonchev–Trinajstić information content (AvgIpc) is 3.92. The second-order valence-electron chi connectivity index (χ2n) is 20.6. The third kappa shape index (κ3) is 6.20. The molecule has 3 aromatic heterocycles. The fraction of sp³-hybridized carbons (Fsp3) is 0.276. The van der Waals surface area contributed by atoms with Crippen LogP contribution in [-0.2, 0) is 37.6 Å². The number of fused-ring (bicyclic) bond motifs is 9. The van der Waals surface area contributed by atoms with Crippen LogP contribution in [0.3, 0.4) is 0 Å². The van der Waals surface area contributed by atoms with Crippen molar-refractivity contribution >= 4 is 60.5 Å². The van der Waals surface area contributed by atoms with Crippen LogP contribution in [0, 0.1) is 45.2 Å². The molecular formula is C58H54N4PtS. The Morgan fingerprint density at radius 1 is 0.656 bits per heavy atom. The van der Waals surface area contributed by atoms with Crippen LogP contribution in [0.25, 0.3) is 66.2 Å². The number of hydrogen-bond acceptors (Lipinski definition) is 3. The summed E-state index contributed by atoms with van der Waals surface area (Å²) in [4.78, 5) is 10.8. The molecule has 6 aromatic carbocycles. The summed E-state index contributed by atoms with van der Waals surface area (Å²) in [6.07, 6.45) is 2.83. The van der Waals surface area contributed by atoms with E-state index < -0.39 is 0 Å². The number of nitrogens with zero attached hydrogens (tertiary/aromatic N) is 4. The third-order valence-electron chi connectivity index (χ3n) is 14.2. The van der Waals surface area contributed by atoms with Crippen LogP contribution >= 0.6 is 11.8 Å². The molecule has 64 heavy (non-hydrogen) atoms. The van der Waals surface area contributed by atoms with Gasteiger partial charge in [0.25, 0.3) is 0 Å². The minimum absolute atomic E-state index is 0. The van der Waals surface area contributed by atoms with Gasteiger partial charge in [0, 0.05) is 27.5 Å². The van der Waals surface area contributed by atoms with Crippen LogP contribution in [0.4, 0.5) is 0 Å². The van der Waals surface area contributed by atoms with Crippen LogP contribution in [0.5, 0.6) is 0 Å². The van der Waals surface area contributed by atoms with Crippen molar-refractivity contribution in [2.24, 2.45) is 10.4 Å². The summed E-state index contributed by atoms with van der Waals surface area (Å²) in [5.74, 6) is 0. The van der Waals surface area contributed by atoms with Crippen LogP contribution < -0.4 is 0 Å². The summed E-state index contributed by atoms with van der Waals surface area (Å²) in [6, 6.07) is 48.6. The Balaban J connectivity index is 0.00000484. The van der Waals surface area contributed by atoms with E-state index in [1.54, 1.807) is 0 Å². The smallest absolute Gasteiger partial charge is 0.352 e. The molecule has 322 valence electrons. The Morgan fingerprint density at radius 2 is 1.38 bits per heavy atom. The van der Waals surface area contributed by atoms with Gasteiger partial charge in [0.15, 0.2) is 0 Å². The molecule has 4 nitrogen and oxygen atoms in total. The predicted molar refractivity (Wildman–Crippen MR) is 267 cm³/mol. The molecule has 6 heteroatoms. The molecule has 0 fully saturated rings. The number of hydrogen-bond donors (Lipinski definition) is 0. The molecule has 9 aromatic rings. The van der Waals surface area contributed by atoms with Crippen LogP contribution in [0.1, 0.15) is 93.0 Å². The van der Waals surface area contributed by atoms with Crippen LogP contribution in [0.15, 0.2) is 120 Å². The average molecular weight is 1030 g/mol. The number of rotatable bonds is 4. The van der Waals surface area contributed by atoms with E-state index in [-0.39, 0.29) is 42.2 Å². The molecule has 2 atom stereocenters. The Hall–Kier alpha value is -5.22. The fourth-order valence-corrected chi connectivity index (χ4v) is 12.8. The second-order valence-corrected chi connectivity index (χ2v) is 21.8. The first kappa shape index (κ1) is 42.7. The van der Waals surface area contributed by atoms with Crippen molar-refractivity contribution in [3.8, 4) is 22.5 Å². The van der Waals surface area contributed by atoms with Crippen molar-refractivity contribution in [3.63, 3.8) is 0 Å². The Morgan fingerprint density at radius 3 is 2.12 bits per heavy atom. The zero-order valence-corrected chi connectivity index (χ0v) is 41.8. The van der Waals surface area contributed by atoms with Gasteiger partial charge < -0.3 is 14.1 Å². The van der Waals surface area contributed by atoms with E-state index in [9.17, 15) is 0 Å². The number of aromatic nitrogens is 3. The van der Waals surface area contributed by atoms with E-state index in [4.69, 9.17) is 9.98 Å². The molecule has 0 saturated carbocycles. The van der Waals surface area contributed by atoms with Gasteiger partial charge in [0.05, 0.1) is 15.8 Å². The largest absolute Gasteiger partial charge is 2.00 e. The van der Waals surface area contributed by atoms with E-state index >= 15 is 0 Å². The number of pyridine rings is 1. The maximum absolute atomic E-state index is 5.81. The molecule has 0 radical (unpaired) electrons. The van der Waals surface area contributed by atoms with Crippen LogP contribution in [0.2, 0.25) is 0 Å². The van der Waals surface area contributed by atoms with Crippen molar-refractivity contribution in [2.75, 3.05) is 0 Å². The summed E-state index contributed by atoms with van der Waals surface area (Å²) in [5.41, 5.74) is 18.4. The van der Waals surface area contributed by atoms with E-state index in [2.05, 4.69) is 201 Å². The van der Waals surface area contributed by atoms with Gasteiger partial charge in [0.2, 0.25) is 0 Å². The molecule has 1 aliphatic heterocycles. The minimum atomic E-state index is -0.303. The molecule has 11 rings (SSSR count). The second kappa shape index (κ2) is 14.6. The van der Waals surface area contributed by atoms with Gasteiger partial charge in [-0.1, -0.05) is 126 Å². The summed E-state index contributed by atoms with van der Waals surface area (Å²) in [7, 11) is 0. The van der Waals surface area contributed by atoms with Gasteiger partial charge in [-0.15, -0.1) is 58.1 Å². The summed E-state index contributed by atoms with van der Waals surface area (Å²) < 4.78 is 4.50. The van der Waals surface area contributed by atoms with Gasteiger partial charge in [0.1, 0.15) is 5.65 Å². The molecule has 0 saturated heterocycles. The van der Waals surface area contributed by atoms with Crippen molar-refractivity contribution in [1.29, 1.82) is 0 Å². The molecule has 2 aliphatic rings. The molecule has 0 amide bonds. The maximum Gasteiger partial charge on any atom is 2.00 e. The van der Waals surface area contributed by atoms with Gasteiger partial charge >= 0.3 is 21.1 Å². The minimum Gasteiger partial charge on any atom is -0.352 e. The van der Waals surface area contributed by atoms with E-state index in [0.29, 0.717) is 0 Å². The summed E-state index contributed by atoms with van der Waals surface area (Å²) >= 11 is 1.98. The molecule has 0 N–H and O–H groups in total. The van der Waals surface area contributed by atoms with Crippen molar-refractivity contribution in [1.82, 2.24) is 14.1 Å². The molecule has 0 unspecified atom stereocenters. The fourth-order valence-electron chi connectivity index (χ4n) is 11.1. The molecule has 0 bridgehead atoms. The summed E-state index contributed by atoms with van der Waals surface area (Å²) in [5, 5.41) is 5.76. The zero-order valence-electron chi connectivity index (χ0n) is 38.7. The standard InChI is InChI=1S/C58H54N4S.Pt/c1-34-19-21-49-45(24-34)46-26-37(4)51(62-50-22-20-39(38-16-13-12-14-17-38)30-47(50)44-18-15-23-59-53(44)62)32-52(46)61(49)43-29-40(28-42(31-43)55(5,6)7)54-60-57(11)33-41-25-35(2)36(3)27-48(41)58(57,63-54)56(8,9)10;/h12-28,30-31H,33H2,1-11H3;/q-2;+2/t57-,58-;/m1./s1. The first-order valence-electron chi connectivity index (χ1n) is 22.4. The van der Waals surface area contributed by atoms with Gasteiger partial charge in [-0.05, 0) is 120 Å². The molecule has 4 heterocycles. The van der Waals surface area contributed by atoms with E-state index in [1.807, 2.05) is 24.0 Å². The SMILES string of the molecule is Cc1ccc2c(c1)c1cc(C)c(-n3c4ccc(-c5ccccc5)cc4c4cccnc43)[c-]c1n2-c1[c-]c(C2=N[C@]3(C)Cc4cc(C)c(C)cc4[C@]3(C(C)(C)C)S2)cc(C(C)(C)C)c1.[Pt+2]. The first-order valence-corrected chi connectivity index (χ1v) is 23.2. The first-order chi connectivity index (χ1) is 30.0. The topological polar surface area (TPSA) is 35.1 Å². The van der Waals surface area contributed by atoms with E-state index in [0.717, 1.165) is 61.5 Å². The Labute approximate surface area is 396 Å². The van der Waals surface area contributed by atoms with Crippen LogP contribution in [-0.4, -0.2) is 24.7 Å². The van der Waals surface area contributed by atoms with Gasteiger partial charge in [-0.25, -0.2) is 4.98 Å². The van der Waals surface area contributed by atoms with Gasteiger partial charge in [-0.2, -0.15) is 6.07 Å². The zero-order chi connectivity index (χ0) is 44.0. The number of benzene rings is 6. The van der Waals surface area contributed by atoms with Crippen molar-refractivity contribution in [3.05, 3.63) is 172 Å². The Bertz CT molecular complexity index is 3430. The molecular weight excluding hydrogens is 980 g/mol. The number of aryl methyl sites for hydroxylation is 4. The van der Waals surface area contributed by atoms with Crippen molar-refractivity contribution in [2.45, 2.75) is 98.3 Å². The molecule has 0 spiro atoms. The quantitative estimate of drug-likeness (QED) is 0.165. The normalized spacial score (nSPS) is 18.5. The Kier molecular flexibility index (Phi) is 9.77. The monoisotopic (exact) mass is 1030 g/mol. The molecule has 1 aliphatic carbocycles. The van der Waals surface area contributed by atoms with E-state index in [1.165, 1.54) is 60.7 Å². The summed E-state index contributed by atoms with van der Waals surface area (Å²) in [6.45, 7) is 25.5. The number of aliphatic imine (C=N–C) groups is 1. The predicted octanol–water partition coefficient (Wildman–Crippen LogP) is 14.8. The number of thioether (sulfide) groups is 1. The maximum atomic E-state index is 5.81. The third-order valence-corrected chi connectivity index (χ3v) is 16.3. The van der Waals surface area contributed by atoms with Gasteiger partial charge in [-0.3, -0.25) is 0 Å². The van der Waals surface area contributed by atoms with Crippen molar-refractivity contribution < 1.29 is 21.1 Å².